The number of carbonyl (C=O) groups is 3. The molecule has 1 aliphatic carbocycles. The number of ketones is 2. The lowest BCUT2D eigenvalue weighted by molar-refractivity contribution is -0.115. The Labute approximate surface area is 121 Å². The normalized spacial score (nSPS) is 12.6. The average molecular weight is 279 g/mol. The third-order valence-electron chi connectivity index (χ3n) is 3.55. The fourth-order valence-electron chi connectivity index (χ4n) is 2.49. The Morgan fingerprint density at radius 3 is 2.19 bits per heavy atom. The molecule has 2 aromatic rings. The Hall–Kier alpha value is -2.75. The van der Waals surface area contributed by atoms with Crippen LogP contribution in [0.25, 0.3) is 0 Å². The number of hydrogen-bond donors (Lipinski definition) is 1. The molecule has 0 fully saturated rings. The number of rotatable bonds is 2. The van der Waals surface area contributed by atoms with Crippen LogP contribution >= 0.6 is 0 Å². The maximum atomic E-state index is 12.6. The van der Waals surface area contributed by atoms with Gasteiger partial charge in [-0.05, 0) is 6.07 Å². The van der Waals surface area contributed by atoms with Crippen molar-refractivity contribution < 1.29 is 14.4 Å². The Morgan fingerprint density at radius 1 is 0.905 bits per heavy atom. The van der Waals surface area contributed by atoms with Crippen LogP contribution in [0, 0.1) is 0 Å². The molecule has 0 heterocycles. The van der Waals surface area contributed by atoms with Crippen molar-refractivity contribution in [3.8, 4) is 0 Å². The van der Waals surface area contributed by atoms with E-state index in [4.69, 9.17) is 0 Å². The first kappa shape index (κ1) is 13.2. The number of amides is 1. The van der Waals surface area contributed by atoms with E-state index in [0.29, 0.717) is 28.8 Å². The Balaban J connectivity index is 2.19. The summed E-state index contributed by atoms with van der Waals surface area (Å²) in [5.74, 6) is -0.609. The summed E-state index contributed by atoms with van der Waals surface area (Å²) in [6, 6.07) is 11.7. The average Bonchev–Trinajstić information content (AvgIpc) is 2.52. The van der Waals surface area contributed by atoms with Crippen molar-refractivity contribution in [2.24, 2.45) is 0 Å². The van der Waals surface area contributed by atoms with E-state index in [0.717, 1.165) is 0 Å². The smallest absolute Gasteiger partial charge is 0.224 e. The minimum Gasteiger partial charge on any atom is -0.325 e. The second-order valence-electron chi connectivity index (χ2n) is 4.83. The number of anilines is 1. The standard InChI is InChI=1S/C17H13NO3/c1-2-14(19)18-13-9-5-8-12-15(13)17(21)11-7-4-3-6-10(11)16(12)20/h3-9H,2H2,1H3,(H,18,19). The van der Waals surface area contributed by atoms with Gasteiger partial charge in [-0.15, -0.1) is 0 Å². The molecule has 2 aromatic carbocycles. The highest BCUT2D eigenvalue weighted by atomic mass is 16.2. The molecule has 1 aliphatic rings. The first-order valence-corrected chi connectivity index (χ1v) is 6.74. The van der Waals surface area contributed by atoms with Crippen LogP contribution in [-0.4, -0.2) is 17.5 Å². The molecule has 21 heavy (non-hydrogen) atoms. The van der Waals surface area contributed by atoms with Crippen molar-refractivity contribution in [3.63, 3.8) is 0 Å². The van der Waals surface area contributed by atoms with E-state index in [2.05, 4.69) is 5.32 Å². The highest BCUT2D eigenvalue weighted by molar-refractivity contribution is 6.30. The zero-order valence-electron chi connectivity index (χ0n) is 11.5. The van der Waals surface area contributed by atoms with E-state index in [-0.39, 0.29) is 23.0 Å². The van der Waals surface area contributed by atoms with Crippen LogP contribution in [0.4, 0.5) is 5.69 Å². The van der Waals surface area contributed by atoms with Crippen LogP contribution < -0.4 is 5.32 Å². The molecular weight excluding hydrogens is 266 g/mol. The van der Waals surface area contributed by atoms with E-state index in [9.17, 15) is 14.4 Å². The van der Waals surface area contributed by atoms with Crippen molar-refractivity contribution in [1.29, 1.82) is 0 Å². The zero-order valence-corrected chi connectivity index (χ0v) is 11.5. The summed E-state index contributed by atoms with van der Waals surface area (Å²) in [6.07, 6.45) is 0.308. The monoisotopic (exact) mass is 279 g/mol. The third-order valence-corrected chi connectivity index (χ3v) is 3.55. The van der Waals surface area contributed by atoms with Gasteiger partial charge >= 0.3 is 0 Å². The van der Waals surface area contributed by atoms with Gasteiger partial charge in [0.25, 0.3) is 0 Å². The molecule has 4 nitrogen and oxygen atoms in total. The largest absolute Gasteiger partial charge is 0.325 e. The van der Waals surface area contributed by atoms with Gasteiger partial charge in [0, 0.05) is 23.1 Å². The van der Waals surface area contributed by atoms with E-state index >= 15 is 0 Å². The Morgan fingerprint density at radius 2 is 1.52 bits per heavy atom. The summed E-state index contributed by atoms with van der Waals surface area (Å²) in [4.78, 5) is 36.7. The molecule has 0 atom stereocenters. The summed E-state index contributed by atoms with van der Waals surface area (Å²) >= 11 is 0. The van der Waals surface area contributed by atoms with Crippen LogP contribution in [0.1, 0.15) is 45.2 Å². The number of hydrogen-bond acceptors (Lipinski definition) is 3. The van der Waals surface area contributed by atoms with Crippen LogP contribution in [0.3, 0.4) is 0 Å². The molecule has 3 rings (SSSR count). The van der Waals surface area contributed by atoms with E-state index in [1.54, 1.807) is 49.4 Å². The highest BCUT2D eigenvalue weighted by Crippen LogP contribution is 2.31. The summed E-state index contributed by atoms with van der Waals surface area (Å²) in [6.45, 7) is 1.73. The summed E-state index contributed by atoms with van der Waals surface area (Å²) in [5, 5.41) is 2.69. The van der Waals surface area contributed by atoms with Crippen molar-refractivity contribution >= 4 is 23.2 Å². The lowest BCUT2D eigenvalue weighted by atomic mass is 9.83. The van der Waals surface area contributed by atoms with Crippen LogP contribution in [0.15, 0.2) is 42.5 Å². The first-order valence-electron chi connectivity index (χ1n) is 6.74. The summed E-state index contributed by atoms with van der Waals surface area (Å²) < 4.78 is 0. The molecule has 0 bridgehead atoms. The number of fused-ring (bicyclic) bond motifs is 2. The van der Waals surface area contributed by atoms with Gasteiger partial charge in [-0.1, -0.05) is 43.3 Å². The van der Waals surface area contributed by atoms with Crippen molar-refractivity contribution in [2.45, 2.75) is 13.3 Å². The molecule has 0 radical (unpaired) electrons. The predicted molar refractivity (Wildman–Crippen MR) is 78.7 cm³/mol. The van der Waals surface area contributed by atoms with Crippen LogP contribution in [0.5, 0.6) is 0 Å². The summed E-state index contributed by atoms with van der Waals surface area (Å²) in [7, 11) is 0. The second-order valence-corrected chi connectivity index (χ2v) is 4.83. The summed E-state index contributed by atoms with van der Waals surface area (Å²) in [5.41, 5.74) is 1.81. The molecule has 0 unspecified atom stereocenters. The van der Waals surface area contributed by atoms with Gasteiger partial charge < -0.3 is 5.32 Å². The maximum Gasteiger partial charge on any atom is 0.224 e. The van der Waals surface area contributed by atoms with Crippen molar-refractivity contribution in [3.05, 3.63) is 64.7 Å². The van der Waals surface area contributed by atoms with Gasteiger partial charge in [-0.2, -0.15) is 0 Å². The van der Waals surface area contributed by atoms with Gasteiger partial charge in [-0.25, -0.2) is 0 Å². The lowest BCUT2D eigenvalue weighted by Crippen LogP contribution is -2.23. The molecule has 1 amide bonds. The molecule has 0 saturated carbocycles. The van der Waals surface area contributed by atoms with Gasteiger partial charge in [0.2, 0.25) is 5.91 Å². The lowest BCUT2D eigenvalue weighted by Gasteiger charge is -2.20. The number of benzene rings is 2. The van der Waals surface area contributed by atoms with Crippen LogP contribution in [-0.2, 0) is 4.79 Å². The highest BCUT2D eigenvalue weighted by Gasteiger charge is 2.31. The molecule has 0 saturated heterocycles. The number of carbonyl (C=O) groups excluding carboxylic acids is 3. The van der Waals surface area contributed by atoms with E-state index < -0.39 is 0 Å². The topological polar surface area (TPSA) is 63.2 Å². The van der Waals surface area contributed by atoms with Gasteiger partial charge in [0.05, 0.1) is 11.3 Å². The second kappa shape index (κ2) is 4.98. The van der Waals surface area contributed by atoms with Crippen LogP contribution in [0.2, 0.25) is 0 Å². The Kier molecular flexibility index (Phi) is 3.14. The van der Waals surface area contributed by atoms with E-state index in [1.165, 1.54) is 0 Å². The minimum absolute atomic E-state index is 0.187. The zero-order chi connectivity index (χ0) is 15.0. The molecule has 4 heteroatoms. The minimum atomic E-state index is -0.229. The molecule has 0 aliphatic heterocycles. The SMILES string of the molecule is CCC(=O)Nc1cccc2c1C(=O)c1ccccc1C2=O. The maximum absolute atomic E-state index is 12.6. The molecule has 0 spiro atoms. The van der Waals surface area contributed by atoms with E-state index in [1.807, 2.05) is 0 Å². The Bertz CT molecular complexity index is 777. The predicted octanol–water partition coefficient (Wildman–Crippen LogP) is 2.81. The fraction of sp³-hybridized carbons (Fsp3) is 0.118. The van der Waals surface area contributed by atoms with Gasteiger partial charge in [0.1, 0.15) is 0 Å². The van der Waals surface area contributed by atoms with Crippen molar-refractivity contribution in [1.82, 2.24) is 0 Å². The van der Waals surface area contributed by atoms with Gasteiger partial charge in [0.15, 0.2) is 11.6 Å². The fourth-order valence-corrected chi connectivity index (χ4v) is 2.49. The van der Waals surface area contributed by atoms with Crippen molar-refractivity contribution in [2.75, 3.05) is 5.32 Å². The molecule has 0 aromatic heterocycles. The first-order chi connectivity index (χ1) is 10.1. The number of nitrogens with one attached hydrogen (secondary N) is 1. The molecule has 104 valence electrons. The quantitative estimate of drug-likeness (QED) is 0.784. The van der Waals surface area contributed by atoms with Gasteiger partial charge in [-0.3, -0.25) is 14.4 Å². The molecular formula is C17H13NO3. The third kappa shape index (κ3) is 2.05. The molecule has 1 N–H and O–H groups in total.